The van der Waals surface area contributed by atoms with Gasteiger partial charge in [-0.1, -0.05) is 15.9 Å². The van der Waals surface area contributed by atoms with Crippen molar-refractivity contribution in [2.75, 3.05) is 6.61 Å². The van der Waals surface area contributed by atoms with Crippen molar-refractivity contribution in [1.29, 1.82) is 0 Å². The molecule has 0 aliphatic heterocycles. The first-order valence-corrected chi connectivity index (χ1v) is 9.00. The number of non-ortho nitro benzene ring substituents is 1. The van der Waals surface area contributed by atoms with Crippen LogP contribution >= 0.6 is 28.1 Å². The Hall–Kier alpha value is -3.05. The molecule has 11 heteroatoms. The molecule has 0 saturated carbocycles. The summed E-state index contributed by atoms with van der Waals surface area (Å²) in [6.07, 6.45) is 0. The Labute approximate surface area is 173 Å². The highest BCUT2D eigenvalue weighted by Gasteiger charge is 2.11. The number of hydrazine groups is 1. The van der Waals surface area contributed by atoms with Gasteiger partial charge in [0.05, 0.1) is 4.92 Å². The lowest BCUT2D eigenvalue weighted by atomic mass is 10.2. The van der Waals surface area contributed by atoms with Crippen LogP contribution < -0.4 is 20.9 Å². The van der Waals surface area contributed by atoms with E-state index in [-0.39, 0.29) is 23.0 Å². The van der Waals surface area contributed by atoms with Crippen molar-refractivity contribution in [3.63, 3.8) is 0 Å². The second-order valence-electron chi connectivity index (χ2n) is 5.46. The number of hydrogen-bond donors (Lipinski definition) is 3. The normalized spacial score (nSPS) is 9.93. The van der Waals surface area contributed by atoms with E-state index in [4.69, 9.17) is 17.0 Å². The van der Waals surface area contributed by atoms with Gasteiger partial charge >= 0.3 is 0 Å². The maximum atomic E-state index is 12.0. The molecule has 0 saturated heterocycles. The lowest BCUT2D eigenvalue weighted by Crippen LogP contribution is -2.49. The average molecular weight is 467 g/mol. The minimum atomic E-state index is -0.580. The van der Waals surface area contributed by atoms with Crippen molar-refractivity contribution in [3.8, 4) is 5.75 Å². The Kier molecular flexibility index (Phi) is 7.41. The monoisotopic (exact) mass is 466 g/mol. The predicted octanol–water partition coefficient (Wildman–Crippen LogP) is 2.38. The molecule has 2 amide bonds. The number of carbonyl (C=O) groups excluding carboxylic acids is 2. The summed E-state index contributed by atoms with van der Waals surface area (Å²) in [4.78, 5) is 33.8. The van der Waals surface area contributed by atoms with E-state index in [2.05, 4.69) is 32.1 Å². The number of nitro benzene ring substituents is 1. The molecule has 0 aliphatic carbocycles. The highest BCUT2D eigenvalue weighted by atomic mass is 79.9. The molecule has 2 rings (SSSR count). The molecule has 146 valence electrons. The van der Waals surface area contributed by atoms with Gasteiger partial charge in [-0.3, -0.25) is 35.9 Å². The SMILES string of the molecule is Cc1cc(OCC(=O)NNC(=S)NC(=O)c2ccc([N+](=O)[O-])cc2)ccc1Br. The number of nitro groups is 1. The van der Waals surface area contributed by atoms with Gasteiger partial charge in [0.25, 0.3) is 17.5 Å². The van der Waals surface area contributed by atoms with Gasteiger partial charge in [0.1, 0.15) is 5.75 Å². The number of amides is 2. The number of nitrogens with one attached hydrogen (secondary N) is 3. The molecule has 0 radical (unpaired) electrons. The highest BCUT2D eigenvalue weighted by molar-refractivity contribution is 9.10. The van der Waals surface area contributed by atoms with Crippen LogP contribution in [0.3, 0.4) is 0 Å². The molecule has 0 bridgehead atoms. The van der Waals surface area contributed by atoms with E-state index in [0.717, 1.165) is 10.0 Å². The Morgan fingerprint density at radius 3 is 2.46 bits per heavy atom. The van der Waals surface area contributed by atoms with Gasteiger partial charge in [0, 0.05) is 22.2 Å². The van der Waals surface area contributed by atoms with Crippen LogP contribution in [0.25, 0.3) is 0 Å². The minimum absolute atomic E-state index is 0.134. The van der Waals surface area contributed by atoms with Crippen molar-refractivity contribution >= 4 is 50.8 Å². The van der Waals surface area contributed by atoms with E-state index in [9.17, 15) is 19.7 Å². The van der Waals surface area contributed by atoms with Crippen molar-refractivity contribution < 1.29 is 19.2 Å². The van der Waals surface area contributed by atoms with Crippen LogP contribution in [0, 0.1) is 17.0 Å². The highest BCUT2D eigenvalue weighted by Crippen LogP contribution is 2.21. The first kappa shape index (κ1) is 21.3. The Morgan fingerprint density at radius 1 is 1.18 bits per heavy atom. The van der Waals surface area contributed by atoms with E-state index >= 15 is 0 Å². The summed E-state index contributed by atoms with van der Waals surface area (Å²) in [5, 5.41) is 12.8. The zero-order valence-electron chi connectivity index (χ0n) is 14.5. The van der Waals surface area contributed by atoms with Gasteiger partial charge in [0.2, 0.25) is 0 Å². The zero-order valence-corrected chi connectivity index (χ0v) is 16.9. The number of aryl methyl sites for hydroxylation is 1. The standard InChI is InChI=1S/C17H15BrN4O5S/c1-10-8-13(6-7-14(10)18)27-9-15(23)20-21-17(28)19-16(24)11-2-4-12(5-3-11)22(25)26/h2-8H,9H2,1H3,(H,20,23)(H2,19,21,24,28). The fourth-order valence-electron chi connectivity index (χ4n) is 1.96. The molecule has 2 aromatic carbocycles. The van der Waals surface area contributed by atoms with E-state index in [1.165, 1.54) is 24.3 Å². The Balaban J connectivity index is 1.76. The van der Waals surface area contributed by atoms with Crippen LogP contribution in [0.15, 0.2) is 46.9 Å². The van der Waals surface area contributed by atoms with Crippen molar-refractivity contribution in [3.05, 3.63) is 68.2 Å². The number of ether oxygens (including phenoxy) is 1. The summed E-state index contributed by atoms with van der Waals surface area (Å²) in [6, 6.07) is 10.3. The van der Waals surface area contributed by atoms with E-state index < -0.39 is 16.7 Å². The van der Waals surface area contributed by atoms with Crippen LogP contribution in [-0.4, -0.2) is 28.5 Å². The molecule has 2 aromatic rings. The summed E-state index contributed by atoms with van der Waals surface area (Å²) < 4.78 is 6.29. The van der Waals surface area contributed by atoms with Gasteiger partial charge < -0.3 is 4.74 Å². The molecule has 0 fully saturated rings. The van der Waals surface area contributed by atoms with Crippen molar-refractivity contribution in [1.82, 2.24) is 16.2 Å². The predicted molar refractivity (Wildman–Crippen MR) is 109 cm³/mol. The number of carbonyl (C=O) groups is 2. The van der Waals surface area contributed by atoms with Crippen LogP contribution in [0.2, 0.25) is 0 Å². The molecule has 0 atom stereocenters. The molecule has 0 aromatic heterocycles. The third-order valence-electron chi connectivity index (χ3n) is 3.38. The van der Waals surface area contributed by atoms with Crippen LogP contribution in [-0.2, 0) is 4.79 Å². The molecule has 0 spiro atoms. The molecule has 0 heterocycles. The zero-order chi connectivity index (χ0) is 20.7. The lowest BCUT2D eigenvalue weighted by molar-refractivity contribution is -0.384. The van der Waals surface area contributed by atoms with Gasteiger partial charge in [-0.2, -0.15) is 0 Å². The topological polar surface area (TPSA) is 123 Å². The second-order valence-corrected chi connectivity index (χ2v) is 6.72. The van der Waals surface area contributed by atoms with Crippen LogP contribution in [0.4, 0.5) is 5.69 Å². The lowest BCUT2D eigenvalue weighted by Gasteiger charge is -2.12. The third kappa shape index (κ3) is 6.28. The Morgan fingerprint density at radius 2 is 1.86 bits per heavy atom. The molecule has 0 aliphatic rings. The number of hydrogen-bond acceptors (Lipinski definition) is 6. The first-order chi connectivity index (χ1) is 13.3. The average Bonchev–Trinajstić information content (AvgIpc) is 2.67. The summed E-state index contributed by atoms with van der Waals surface area (Å²) in [5.74, 6) is -0.555. The van der Waals surface area contributed by atoms with E-state index in [1.54, 1.807) is 12.1 Å². The quantitative estimate of drug-likeness (QED) is 0.351. The van der Waals surface area contributed by atoms with Gasteiger partial charge in [0.15, 0.2) is 11.7 Å². The van der Waals surface area contributed by atoms with E-state index in [0.29, 0.717) is 5.75 Å². The first-order valence-electron chi connectivity index (χ1n) is 7.80. The maximum Gasteiger partial charge on any atom is 0.276 e. The number of halogens is 1. The van der Waals surface area contributed by atoms with Gasteiger partial charge in [-0.15, -0.1) is 0 Å². The smallest absolute Gasteiger partial charge is 0.276 e. The fraction of sp³-hybridized carbons (Fsp3) is 0.118. The number of rotatable bonds is 5. The fourth-order valence-corrected chi connectivity index (χ4v) is 2.35. The number of thiocarbonyl (C=S) groups is 1. The summed E-state index contributed by atoms with van der Waals surface area (Å²) in [7, 11) is 0. The number of nitrogens with zero attached hydrogens (tertiary/aromatic N) is 1. The van der Waals surface area contributed by atoms with Crippen LogP contribution in [0.5, 0.6) is 5.75 Å². The molecule has 9 nitrogen and oxygen atoms in total. The largest absolute Gasteiger partial charge is 0.484 e. The Bertz CT molecular complexity index is 920. The van der Waals surface area contributed by atoms with Crippen molar-refractivity contribution in [2.24, 2.45) is 0 Å². The maximum absolute atomic E-state index is 12.0. The summed E-state index contributed by atoms with van der Waals surface area (Å²) in [5.41, 5.74) is 5.67. The molecular weight excluding hydrogens is 452 g/mol. The van der Waals surface area contributed by atoms with Gasteiger partial charge in [-0.25, -0.2) is 0 Å². The molecule has 3 N–H and O–H groups in total. The second kappa shape index (κ2) is 9.76. The molecule has 0 unspecified atom stereocenters. The molecule has 28 heavy (non-hydrogen) atoms. The van der Waals surface area contributed by atoms with Crippen LogP contribution in [0.1, 0.15) is 15.9 Å². The van der Waals surface area contributed by atoms with Crippen molar-refractivity contribution in [2.45, 2.75) is 6.92 Å². The number of benzene rings is 2. The van der Waals surface area contributed by atoms with E-state index in [1.807, 2.05) is 13.0 Å². The molecular formula is C17H15BrN4O5S. The minimum Gasteiger partial charge on any atom is -0.484 e. The van der Waals surface area contributed by atoms with Gasteiger partial charge in [-0.05, 0) is 55.0 Å². The summed E-state index contributed by atoms with van der Waals surface area (Å²) in [6.45, 7) is 1.64. The third-order valence-corrected chi connectivity index (χ3v) is 4.48. The summed E-state index contributed by atoms with van der Waals surface area (Å²) >= 11 is 8.29.